The fourth-order valence-electron chi connectivity index (χ4n) is 4.31. The summed E-state index contributed by atoms with van der Waals surface area (Å²) in [6.07, 6.45) is 2.64. The van der Waals surface area contributed by atoms with Gasteiger partial charge < -0.3 is 4.52 Å². The third-order valence-corrected chi connectivity index (χ3v) is 6.07. The predicted octanol–water partition coefficient (Wildman–Crippen LogP) is 4.84. The van der Waals surface area contributed by atoms with E-state index in [4.69, 9.17) is 4.52 Å². The molecule has 2 saturated carbocycles. The van der Waals surface area contributed by atoms with Gasteiger partial charge in [-0.25, -0.2) is 8.78 Å². The number of nitrogens with one attached hydrogen (secondary N) is 1. The van der Waals surface area contributed by atoms with Gasteiger partial charge in [0.2, 0.25) is 17.7 Å². The molecule has 2 atom stereocenters. The third-order valence-electron chi connectivity index (χ3n) is 6.07. The second kappa shape index (κ2) is 7.87. The minimum absolute atomic E-state index is 0.174. The van der Waals surface area contributed by atoms with E-state index in [9.17, 15) is 24.1 Å². The highest BCUT2D eigenvalue weighted by Crippen LogP contribution is 2.46. The molecule has 1 aromatic carbocycles. The largest absolute Gasteiger partial charge is 0.338 e. The van der Waals surface area contributed by atoms with Crippen LogP contribution in [0.25, 0.3) is 0 Å². The number of halogens is 2. The number of anilines is 1. The van der Waals surface area contributed by atoms with Crippen molar-refractivity contribution in [3.05, 3.63) is 46.6 Å². The number of aromatic nitrogens is 1. The zero-order chi connectivity index (χ0) is 21.3. The number of carbonyl (C=O) groups is 1. The average molecular weight is 410 g/mol. The highest BCUT2D eigenvalue weighted by atomic mass is 19.3. The molecule has 8 heteroatoms. The van der Waals surface area contributed by atoms with Crippen LogP contribution in [0.4, 0.5) is 14.7 Å². The molecule has 2 aliphatic carbocycles. The van der Waals surface area contributed by atoms with Crippen LogP contribution in [0.5, 0.6) is 0 Å². The first-order valence-electron chi connectivity index (χ1n) is 9.99. The van der Waals surface area contributed by atoms with Crippen molar-refractivity contribution >= 4 is 11.8 Å². The molecule has 0 bridgehead atoms. The summed E-state index contributed by atoms with van der Waals surface area (Å²) < 4.78 is 33.1. The fourth-order valence-corrected chi connectivity index (χ4v) is 4.31. The minimum Gasteiger partial charge on any atom is -0.338 e. The highest BCUT2D eigenvalue weighted by Gasteiger charge is 2.45. The average Bonchev–Trinajstić information content (AvgIpc) is 3.26. The number of hydrogen-bond donors (Lipinski definition) is 1. The monoisotopic (exact) mass is 410 g/mol. The molecule has 2 aromatic rings. The van der Waals surface area contributed by atoms with Crippen molar-refractivity contribution in [2.75, 3.05) is 5.32 Å². The predicted molar refractivity (Wildman–Crippen MR) is 103 cm³/mol. The van der Waals surface area contributed by atoms with Crippen molar-refractivity contribution in [1.82, 2.24) is 5.16 Å². The van der Waals surface area contributed by atoms with Crippen molar-refractivity contribution < 1.29 is 18.1 Å². The number of rotatable bonds is 5. The molecule has 154 valence electrons. The molecular formula is C22H20F2N4O2. The van der Waals surface area contributed by atoms with Crippen LogP contribution >= 0.6 is 0 Å². The number of nitriles is 2. The van der Waals surface area contributed by atoms with E-state index in [0.717, 1.165) is 25.0 Å². The molecule has 30 heavy (non-hydrogen) atoms. The van der Waals surface area contributed by atoms with Crippen LogP contribution in [-0.2, 0) is 4.79 Å². The van der Waals surface area contributed by atoms with Crippen molar-refractivity contribution in [3.63, 3.8) is 0 Å². The maximum absolute atomic E-state index is 13.9. The van der Waals surface area contributed by atoms with E-state index in [2.05, 4.69) is 10.5 Å². The van der Waals surface area contributed by atoms with E-state index in [0.29, 0.717) is 11.5 Å². The van der Waals surface area contributed by atoms with Crippen LogP contribution in [0.3, 0.4) is 0 Å². The number of alkyl halides is 2. The first-order chi connectivity index (χ1) is 14.4. The summed E-state index contributed by atoms with van der Waals surface area (Å²) in [6.45, 7) is 0. The van der Waals surface area contributed by atoms with Gasteiger partial charge in [-0.05, 0) is 48.9 Å². The third kappa shape index (κ3) is 4.04. The Morgan fingerprint density at radius 1 is 1.17 bits per heavy atom. The normalized spacial score (nSPS) is 21.3. The SMILES string of the molecule is N#Cc1cc(C#N)cc([C@H](C(=O)Nc2cc(C3CCC3)no2)[C@H]2CCC(F)(F)C2)c1. The Bertz CT molecular complexity index is 1010. The summed E-state index contributed by atoms with van der Waals surface area (Å²) in [7, 11) is 0. The lowest BCUT2D eigenvalue weighted by Crippen LogP contribution is -2.27. The molecule has 6 nitrogen and oxygen atoms in total. The molecule has 1 N–H and O–H groups in total. The second-order valence-electron chi connectivity index (χ2n) is 8.14. The van der Waals surface area contributed by atoms with Crippen molar-refractivity contribution in [2.45, 2.75) is 56.3 Å². The molecular weight excluding hydrogens is 390 g/mol. The molecule has 1 aromatic heterocycles. The van der Waals surface area contributed by atoms with Crippen LogP contribution in [0, 0.1) is 28.6 Å². The Kier molecular flexibility index (Phi) is 5.26. The van der Waals surface area contributed by atoms with Gasteiger partial charge in [0.25, 0.3) is 0 Å². The number of carbonyl (C=O) groups excluding carboxylic acids is 1. The van der Waals surface area contributed by atoms with Crippen LogP contribution in [0.1, 0.15) is 72.7 Å². The number of amides is 1. The summed E-state index contributed by atoms with van der Waals surface area (Å²) >= 11 is 0. The molecule has 0 unspecified atom stereocenters. The second-order valence-corrected chi connectivity index (χ2v) is 8.14. The maximum Gasteiger partial charge on any atom is 0.248 e. The van der Waals surface area contributed by atoms with Gasteiger partial charge >= 0.3 is 0 Å². The molecule has 0 spiro atoms. The fraction of sp³-hybridized carbons (Fsp3) is 0.455. The molecule has 1 amide bonds. The van der Waals surface area contributed by atoms with Gasteiger partial charge in [-0.15, -0.1) is 0 Å². The number of benzene rings is 1. The van der Waals surface area contributed by atoms with Gasteiger partial charge in [0.1, 0.15) is 0 Å². The van der Waals surface area contributed by atoms with Gasteiger partial charge in [0.15, 0.2) is 0 Å². The van der Waals surface area contributed by atoms with Gasteiger partial charge in [-0.1, -0.05) is 11.6 Å². The van der Waals surface area contributed by atoms with Gasteiger partial charge in [-0.2, -0.15) is 10.5 Å². The van der Waals surface area contributed by atoms with Gasteiger partial charge in [-0.3, -0.25) is 10.1 Å². The van der Waals surface area contributed by atoms with Crippen molar-refractivity contribution in [3.8, 4) is 12.1 Å². The summed E-state index contributed by atoms with van der Waals surface area (Å²) in [5, 5.41) is 25.2. The Morgan fingerprint density at radius 3 is 2.40 bits per heavy atom. The molecule has 0 radical (unpaired) electrons. The summed E-state index contributed by atoms with van der Waals surface area (Å²) in [4.78, 5) is 13.2. The summed E-state index contributed by atoms with van der Waals surface area (Å²) in [5.74, 6) is -4.39. The van der Waals surface area contributed by atoms with Crippen LogP contribution in [0.2, 0.25) is 0 Å². The summed E-state index contributed by atoms with van der Waals surface area (Å²) in [6, 6.07) is 9.98. The minimum atomic E-state index is -2.84. The Labute approximate surface area is 172 Å². The number of hydrogen-bond acceptors (Lipinski definition) is 5. The molecule has 1 heterocycles. The van der Waals surface area contributed by atoms with E-state index in [-0.39, 0.29) is 29.9 Å². The quantitative estimate of drug-likeness (QED) is 0.759. The Balaban J connectivity index is 1.63. The van der Waals surface area contributed by atoms with Gasteiger partial charge in [0, 0.05) is 24.8 Å². The Hall–Kier alpha value is -3.26. The zero-order valence-electron chi connectivity index (χ0n) is 16.2. The first-order valence-corrected chi connectivity index (χ1v) is 9.99. The molecule has 4 rings (SSSR count). The van der Waals surface area contributed by atoms with Crippen LogP contribution in [-0.4, -0.2) is 17.0 Å². The lowest BCUT2D eigenvalue weighted by atomic mass is 9.82. The molecule has 2 aliphatic rings. The lowest BCUT2D eigenvalue weighted by molar-refractivity contribution is -0.119. The maximum atomic E-state index is 13.9. The van der Waals surface area contributed by atoms with E-state index in [1.807, 2.05) is 12.1 Å². The Morgan fingerprint density at radius 2 is 1.87 bits per heavy atom. The van der Waals surface area contributed by atoms with E-state index < -0.39 is 30.1 Å². The topological polar surface area (TPSA) is 103 Å². The summed E-state index contributed by atoms with van der Waals surface area (Å²) in [5.41, 5.74) is 1.57. The van der Waals surface area contributed by atoms with E-state index in [1.165, 1.54) is 18.2 Å². The smallest absolute Gasteiger partial charge is 0.248 e. The lowest BCUT2D eigenvalue weighted by Gasteiger charge is -2.23. The van der Waals surface area contributed by atoms with Gasteiger partial charge in [0.05, 0.1) is 34.9 Å². The van der Waals surface area contributed by atoms with E-state index in [1.54, 1.807) is 6.07 Å². The zero-order valence-corrected chi connectivity index (χ0v) is 16.2. The van der Waals surface area contributed by atoms with Crippen LogP contribution < -0.4 is 5.32 Å². The highest BCUT2D eigenvalue weighted by molar-refractivity contribution is 5.95. The standard InChI is InChI=1S/C22H20F2N4O2/c23-22(24)5-4-16(10-22)20(17-7-13(11-25)6-14(8-17)12-26)21(29)27-19-9-18(28-30-19)15-2-1-3-15/h6-9,15-16,20H,1-5,10H2,(H,27,29)/t16-,20+/m0/s1. The van der Waals surface area contributed by atoms with Crippen molar-refractivity contribution in [2.24, 2.45) is 5.92 Å². The molecule has 0 aliphatic heterocycles. The van der Waals surface area contributed by atoms with E-state index >= 15 is 0 Å². The molecule has 2 fully saturated rings. The molecule has 0 saturated heterocycles. The first kappa shape index (κ1) is 20.0. The number of nitrogens with zero attached hydrogens (tertiary/aromatic N) is 3. The van der Waals surface area contributed by atoms with Crippen LogP contribution in [0.15, 0.2) is 28.8 Å². The van der Waals surface area contributed by atoms with Crippen molar-refractivity contribution in [1.29, 1.82) is 10.5 Å².